The van der Waals surface area contributed by atoms with Crippen LogP contribution in [0.2, 0.25) is 5.02 Å². The molecule has 0 saturated heterocycles. The van der Waals surface area contributed by atoms with Gasteiger partial charge in [0.2, 0.25) is 0 Å². The van der Waals surface area contributed by atoms with Gasteiger partial charge in [-0.3, -0.25) is 4.79 Å². The number of esters is 1. The number of hydrogen-bond acceptors (Lipinski definition) is 2. The van der Waals surface area contributed by atoms with E-state index in [1.54, 1.807) is 0 Å². The predicted molar refractivity (Wildman–Crippen MR) is 83.9 cm³/mol. The number of carbonyl (C=O) groups is 1. The molecule has 0 heterocycles. The average molecular weight is 297 g/mol. The van der Waals surface area contributed by atoms with Crippen molar-refractivity contribution < 1.29 is 9.53 Å². The summed E-state index contributed by atoms with van der Waals surface area (Å²) in [5.41, 5.74) is 0.489. The quantitative estimate of drug-likeness (QED) is 0.743. The fourth-order valence-electron chi connectivity index (χ4n) is 1.97. The zero-order chi connectivity index (χ0) is 15.6. The van der Waals surface area contributed by atoms with Crippen molar-refractivity contribution in [2.24, 2.45) is 11.3 Å². The van der Waals surface area contributed by atoms with Gasteiger partial charge in [0, 0.05) is 5.02 Å². The summed E-state index contributed by atoms with van der Waals surface area (Å²) in [7, 11) is 0. The minimum atomic E-state index is -0.458. The van der Waals surface area contributed by atoms with Gasteiger partial charge in [0.15, 0.2) is 0 Å². The smallest absolute Gasteiger partial charge is 0.310 e. The van der Waals surface area contributed by atoms with E-state index < -0.39 is 5.60 Å². The van der Waals surface area contributed by atoms with Crippen LogP contribution in [0.3, 0.4) is 0 Å². The minimum Gasteiger partial charge on any atom is -0.460 e. The van der Waals surface area contributed by atoms with Crippen LogP contribution in [0.1, 0.15) is 47.1 Å². The first-order chi connectivity index (χ1) is 8.99. The molecule has 0 spiro atoms. The zero-order valence-electron chi connectivity index (χ0n) is 13.3. The zero-order valence-corrected chi connectivity index (χ0v) is 14.0. The molecule has 1 rings (SSSR count). The fraction of sp³-hybridized carbons (Fsp3) is 0.588. The average Bonchev–Trinajstić information content (AvgIpc) is 2.24. The molecule has 0 aromatic heterocycles. The van der Waals surface area contributed by atoms with Crippen LogP contribution in [0.25, 0.3) is 0 Å². The highest BCUT2D eigenvalue weighted by Crippen LogP contribution is 2.31. The molecule has 0 aliphatic rings. The molecule has 0 N–H and O–H groups in total. The van der Waals surface area contributed by atoms with Crippen molar-refractivity contribution in [2.75, 3.05) is 0 Å². The van der Waals surface area contributed by atoms with Gasteiger partial charge in [0.05, 0.1) is 5.92 Å². The second kappa shape index (κ2) is 6.17. The van der Waals surface area contributed by atoms with Crippen LogP contribution >= 0.6 is 11.6 Å². The van der Waals surface area contributed by atoms with Crippen molar-refractivity contribution in [2.45, 2.75) is 53.6 Å². The molecule has 0 amide bonds. The number of benzene rings is 1. The van der Waals surface area contributed by atoms with Crippen LogP contribution < -0.4 is 0 Å². The molecule has 0 aliphatic carbocycles. The van der Waals surface area contributed by atoms with Gasteiger partial charge in [-0.1, -0.05) is 44.5 Å². The Morgan fingerprint density at radius 2 is 1.60 bits per heavy atom. The molecule has 1 atom stereocenters. The maximum absolute atomic E-state index is 12.4. The third-order valence-corrected chi connectivity index (χ3v) is 3.34. The van der Waals surface area contributed by atoms with E-state index in [1.807, 2.05) is 45.0 Å². The molecule has 112 valence electrons. The van der Waals surface area contributed by atoms with E-state index in [9.17, 15) is 4.79 Å². The van der Waals surface area contributed by atoms with E-state index in [-0.39, 0.29) is 17.3 Å². The monoisotopic (exact) mass is 296 g/mol. The normalized spacial score (nSPS) is 13.9. The molecule has 1 aromatic rings. The van der Waals surface area contributed by atoms with Crippen molar-refractivity contribution in [3.05, 3.63) is 34.9 Å². The molecule has 0 aliphatic heterocycles. The van der Waals surface area contributed by atoms with Crippen molar-refractivity contribution in [3.63, 3.8) is 0 Å². The fourth-order valence-corrected chi connectivity index (χ4v) is 2.10. The summed E-state index contributed by atoms with van der Waals surface area (Å²) in [6.07, 6.45) is 0.662. The van der Waals surface area contributed by atoms with Gasteiger partial charge in [-0.2, -0.15) is 0 Å². The lowest BCUT2D eigenvalue weighted by Gasteiger charge is -2.32. The van der Waals surface area contributed by atoms with Gasteiger partial charge in [-0.05, 0) is 50.3 Å². The lowest BCUT2D eigenvalue weighted by atomic mass is 9.77. The van der Waals surface area contributed by atoms with E-state index in [2.05, 4.69) is 20.8 Å². The second-order valence-corrected chi connectivity index (χ2v) is 7.72. The van der Waals surface area contributed by atoms with E-state index in [0.29, 0.717) is 11.4 Å². The van der Waals surface area contributed by atoms with Crippen LogP contribution in [0.15, 0.2) is 24.3 Å². The van der Waals surface area contributed by atoms with Crippen molar-refractivity contribution >= 4 is 17.6 Å². The summed E-state index contributed by atoms with van der Waals surface area (Å²) in [4.78, 5) is 12.4. The Labute approximate surface area is 127 Å². The Balaban J connectivity index is 2.91. The Morgan fingerprint density at radius 3 is 2.00 bits per heavy atom. The van der Waals surface area contributed by atoms with Crippen molar-refractivity contribution in [3.8, 4) is 0 Å². The van der Waals surface area contributed by atoms with Crippen molar-refractivity contribution in [1.82, 2.24) is 0 Å². The van der Waals surface area contributed by atoms with E-state index in [4.69, 9.17) is 16.3 Å². The standard InChI is InChI=1S/C17H25ClO2/c1-16(2,3)14(15(19)20-17(4,5)6)11-12-7-9-13(18)10-8-12/h7-10,14H,11H2,1-6H3. The SMILES string of the molecule is CC(C)(C)OC(=O)C(Cc1ccc(Cl)cc1)C(C)(C)C. The third-order valence-electron chi connectivity index (χ3n) is 3.09. The van der Waals surface area contributed by atoms with Crippen LogP contribution in [0.5, 0.6) is 0 Å². The molecular weight excluding hydrogens is 272 g/mol. The van der Waals surface area contributed by atoms with E-state index >= 15 is 0 Å². The molecule has 0 fully saturated rings. The summed E-state index contributed by atoms with van der Waals surface area (Å²) in [6.45, 7) is 11.9. The first kappa shape index (κ1) is 17.0. The molecule has 1 unspecified atom stereocenters. The van der Waals surface area contributed by atoms with Gasteiger partial charge in [-0.25, -0.2) is 0 Å². The van der Waals surface area contributed by atoms with Crippen LogP contribution in [-0.4, -0.2) is 11.6 Å². The summed E-state index contributed by atoms with van der Waals surface area (Å²) < 4.78 is 5.56. The molecule has 20 heavy (non-hydrogen) atoms. The van der Waals surface area contributed by atoms with Gasteiger partial charge < -0.3 is 4.74 Å². The summed E-state index contributed by atoms with van der Waals surface area (Å²) in [5, 5.41) is 0.707. The highest BCUT2D eigenvalue weighted by atomic mass is 35.5. The summed E-state index contributed by atoms with van der Waals surface area (Å²) in [6, 6.07) is 7.63. The molecule has 1 aromatic carbocycles. The lowest BCUT2D eigenvalue weighted by Crippen LogP contribution is -2.36. The maximum Gasteiger partial charge on any atom is 0.310 e. The number of ether oxygens (including phenoxy) is 1. The molecular formula is C17H25ClO2. The molecule has 0 saturated carbocycles. The lowest BCUT2D eigenvalue weighted by molar-refractivity contribution is -0.163. The van der Waals surface area contributed by atoms with Gasteiger partial charge in [0.25, 0.3) is 0 Å². The van der Waals surface area contributed by atoms with Crippen molar-refractivity contribution in [1.29, 1.82) is 0 Å². The molecule has 0 radical (unpaired) electrons. The van der Waals surface area contributed by atoms with Crippen LogP contribution in [0.4, 0.5) is 0 Å². The topological polar surface area (TPSA) is 26.3 Å². The highest BCUT2D eigenvalue weighted by Gasteiger charge is 2.34. The van der Waals surface area contributed by atoms with E-state index in [0.717, 1.165) is 5.56 Å². The minimum absolute atomic E-state index is 0.139. The Bertz CT molecular complexity index is 449. The first-order valence-electron chi connectivity index (χ1n) is 6.96. The van der Waals surface area contributed by atoms with Gasteiger partial charge in [0.1, 0.15) is 5.60 Å². The van der Waals surface area contributed by atoms with Crippen LogP contribution in [-0.2, 0) is 16.0 Å². The Morgan fingerprint density at radius 1 is 1.10 bits per heavy atom. The number of rotatable bonds is 3. The maximum atomic E-state index is 12.4. The van der Waals surface area contributed by atoms with E-state index in [1.165, 1.54) is 0 Å². The Hall–Kier alpha value is -1.02. The summed E-state index contributed by atoms with van der Waals surface area (Å²) in [5.74, 6) is -0.317. The number of carbonyl (C=O) groups excluding carboxylic acids is 1. The van der Waals surface area contributed by atoms with Crippen LogP contribution in [0, 0.1) is 11.3 Å². The third kappa shape index (κ3) is 5.54. The second-order valence-electron chi connectivity index (χ2n) is 7.28. The van der Waals surface area contributed by atoms with Gasteiger partial charge in [-0.15, -0.1) is 0 Å². The summed E-state index contributed by atoms with van der Waals surface area (Å²) >= 11 is 5.90. The number of hydrogen-bond donors (Lipinski definition) is 0. The highest BCUT2D eigenvalue weighted by molar-refractivity contribution is 6.30. The number of halogens is 1. The first-order valence-corrected chi connectivity index (χ1v) is 7.34. The predicted octanol–water partition coefficient (Wildman–Crippen LogP) is 4.89. The molecule has 2 nitrogen and oxygen atoms in total. The molecule has 0 bridgehead atoms. The largest absolute Gasteiger partial charge is 0.460 e. The molecule has 3 heteroatoms. The Kier molecular flexibility index (Phi) is 5.26. The van der Waals surface area contributed by atoms with Gasteiger partial charge >= 0.3 is 5.97 Å².